The molecule has 2 heterocycles. The Hall–Kier alpha value is -2.62. The molecule has 1 aromatic heterocycles. The zero-order valence-corrected chi connectivity index (χ0v) is 20.0. The van der Waals surface area contributed by atoms with Gasteiger partial charge >= 0.3 is 6.18 Å². The van der Waals surface area contributed by atoms with Gasteiger partial charge in [0.05, 0.1) is 23.7 Å². The number of aryl methyl sites for hydroxylation is 1. The van der Waals surface area contributed by atoms with Gasteiger partial charge in [-0.15, -0.1) is 6.58 Å². The molecule has 1 fully saturated rings. The summed E-state index contributed by atoms with van der Waals surface area (Å²) in [5, 5.41) is 2.08. The minimum absolute atomic E-state index is 0.0417. The summed E-state index contributed by atoms with van der Waals surface area (Å²) in [4.78, 5) is 29.1. The lowest BCUT2D eigenvalue weighted by Crippen LogP contribution is -2.49. The molecule has 0 unspecified atom stereocenters. The molecular weight excluding hydrogens is 469 g/mol. The van der Waals surface area contributed by atoms with Gasteiger partial charge in [-0.3, -0.25) is 19.4 Å². The van der Waals surface area contributed by atoms with Crippen LogP contribution >= 0.6 is 11.6 Å². The molecule has 0 saturated carbocycles. The zero-order chi connectivity index (χ0) is 25.0. The summed E-state index contributed by atoms with van der Waals surface area (Å²) in [7, 11) is 0. The molecule has 1 N–H and O–H groups in total. The van der Waals surface area contributed by atoms with Crippen molar-refractivity contribution in [2.75, 3.05) is 44.6 Å². The minimum atomic E-state index is -4.60. The maximum absolute atomic E-state index is 13.0. The van der Waals surface area contributed by atoms with Crippen molar-refractivity contribution in [3.05, 3.63) is 64.5 Å². The van der Waals surface area contributed by atoms with E-state index in [1.54, 1.807) is 6.08 Å². The summed E-state index contributed by atoms with van der Waals surface area (Å²) in [5.41, 5.74) is 1.70. The first-order valence-electron chi connectivity index (χ1n) is 10.9. The molecule has 1 saturated heterocycles. The van der Waals surface area contributed by atoms with Gasteiger partial charge in [0.1, 0.15) is 0 Å². The van der Waals surface area contributed by atoms with E-state index in [0.717, 1.165) is 23.5 Å². The minimum Gasteiger partial charge on any atom is -0.345 e. The van der Waals surface area contributed by atoms with E-state index in [4.69, 9.17) is 11.6 Å². The van der Waals surface area contributed by atoms with E-state index in [0.29, 0.717) is 44.8 Å². The molecule has 0 radical (unpaired) electrons. The fourth-order valence-corrected chi connectivity index (χ4v) is 4.34. The molecule has 3 rings (SSSR count). The van der Waals surface area contributed by atoms with Crippen molar-refractivity contribution in [1.29, 1.82) is 0 Å². The van der Waals surface area contributed by atoms with E-state index in [9.17, 15) is 22.8 Å². The number of rotatable bonds is 8. The maximum atomic E-state index is 13.0. The van der Waals surface area contributed by atoms with Crippen LogP contribution in [0.2, 0.25) is 5.02 Å². The van der Waals surface area contributed by atoms with E-state index in [2.05, 4.69) is 16.5 Å². The van der Waals surface area contributed by atoms with Gasteiger partial charge in [-0.1, -0.05) is 17.7 Å². The predicted molar refractivity (Wildman–Crippen MR) is 126 cm³/mol. The van der Waals surface area contributed by atoms with Crippen LogP contribution in [0.4, 0.5) is 18.9 Å². The molecule has 0 spiro atoms. The lowest BCUT2D eigenvalue weighted by molar-refractivity contribution is -0.137. The van der Waals surface area contributed by atoms with Gasteiger partial charge in [0.25, 0.3) is 0 Å². The van der Waals surface area contributed by atoms with Gasteiger partial charge in [0.2, 0.25) is 5.91 Å². The van der Waals surface area contributed by atoms with Crippen LogP contribution < -0.4 is 5.32 Å². The van der Waals surface area contributed by atoms with Gasteiger partial charge in [-0.05, 0) is 38.1 Å². The van der Waals surface area contributed by atoms with Crippen LogP contribution in [0.15, 0.2) is 36.9 Å². The highest BCUT2D eigenvalue weighted by molar-refractivity contribution is 6.31. The first kappa shape index (κ1) is 26.0. The summed E-state index contributed by atoms with van der Waals surface area (Å²) in [6, 6.07) is 5.19. The molecule has 1 amide bonds. The molecule has 0 atom stereocenters. The average molecular weight is 497 g/mol. The van der Waals surface area contributed by atoms with Crippen LogP contribution in [0, 0.1) is 13.8 Å². The Morgan fingerprint density at radius 3 is 2.29 bits per heavy atom. The molecule has 10 heteroatoms. The van der Waals surface area contributed by atoms with Gasteiger partial charge in [-0.25, -0.2) is 0 Å². The van der Waals surface area contributed by atoms with Crippen molar-refractivity contribution >= 4 is 29.0 Å². The Bertz CT molecular complexity index is 1070. The second kappa shape index (κ2) is 10.8. The third-order valence-corrected chi connectivity index (χ3v) is 6.27. The van der Waals surface area contributed by atoms with Crippen LogP contribution in [0.25, 0.3) is 0 Å². The topological polar surface area (TPSA) is 57.6 Å². The number of aromatic nitrogens is 1. The van der Waals surface area contributed by atoms with E-state index >= 15 is 0 Å². The predicted octanol–water partition coefficient (Wildman–Crippen LogP) is 4.40. The quantitative estimate of drug-likeness (QED) is 0.435. The molecule has 1 aromatic carbocycles. The summed E-state index contributed by atoms with van der Waals surface area (Å²) >= 11 is 5.62. The molecule has 184 valence electrons. The number of ketones is 1. The number of amides is 1. The Kier molecular flexibility index (Phi) is 8.22. The van der Waals surface area contributed by atoms with Gasteiger partial charge in [0, 0.05) is 55.4 Å². The number of halogens is 4. The van der Waals surface area contributed by atoms with Crippen molar-refractivity contribution in [1.82, 2.24) is 14.4 Å². The highest BCUT2D eigenvalue weighted by Crippen LogP contribution is 2.36. The fraction of sp³-hybridized carbons (Fsp3) is 0.417. The Morgan fingerprint density at radius 2 is 1.71 bits per heavy atom. The summed E-state index contributed by atoms with van der Waals surface area (Å²) in [6.45, 7) is 11.0. The first-order valence-corrected chi connectivity index (χ1v) is 11.3. The van der Waals surface area contributed by atoms with Crippen molar-refractivity contribution in [3.63, 3.8) is 0 Å². The number of anilines is 1. The Balaban J connectivity index is 1.50. The van der Waals surface area contributed by atoms with Crippen molar-refractivity contribution in [2.45, 2.75) is 26.6 Å². The van der Waals surface area contributed by atoms with Crippen LogP contribution in [0.5, 0.6) is 0 Å². The second-order valence-electron chi connectivity index (χ2n) is 8.40. The molecule has 1 aliphatic rings. The van der Waals surface area contributed by atoms with E-state index < -0.39 is 22.7 Å². The lowest BCUT2D eigenvalue weighted by atomic mass is 10.1. The molecule has 0 bridgehead atoms. The number of carbonyl (C=O) groups excluding carboxylic acids is 2. The Morgan fingerprint density at radius 1 is 1.09 bits per heavy atom. The molecule has 6 nitrogen and oxygen atoms in total. The van der Waals surface area contributed by atoms with E-state index in [1.165, 1.54) is 6.07 Å². The second-order valence-corrected chi connectivity index (χ2v) is 8.81. The summed E-state index contributed by atoms with van der Waals surface area (Å²) in [6.07, 6.45) is -2.80. The third-order valence-electron chi connectivity index (χ3n) is 5.94. The average Bonchev–Trinajstić information content (AvgIpc) is 3.04. The number of carbonyl (C=O) groups is 2. The highest BCUT2D eigenvalue weighted by atomic mass is 35.5. The standard InChI is InChI=1S/C24H28ClF3N4O2/c1-4-7-32-16(2)12-19(17(32)3)22(33)14-30-8-10-31(11-9-30)15-23(34)29-18-5-6-21(25)20(13-18)24(26,27)28/h4-6,12-13H,1,7-11,14-15H2,2-3H3,(H,29,34). The number of nitrogens with zero attached hydrogens (tertiary/aromatic N) is 3. The number of Topliss-reactive ketones (excluding diaryl/α,β-unsaturated/α-hetero) is 1. The number of alkyl halides is 3. The van der Waals surface area contributed by atoms with Crippen molar-refractivity contribution in [3.8, 4) is 0 Å². The summed E-state index contributed by atoms with van der Waals surface area (Å²) in [5.74, 6) is -0.354. The largest absolute Gasteiger partial charge is 0.417 e. The van der Waals surface area contributed by atoms with Gasteiger partial charge in [-0.2, -0.15) is 13.2 Å². The van der Waals surface area contributed by atoms with Crippen LogP contribution in [-0.2, 0) is 17.5 Å². The molecule has 0 aliphatic carbocycles. The number of piperazine rings is 1. The monoisotopic (exact) mass is 496 g/mol. The van der Waals surface area contributed by atoms with Crippen molar-refractivity contribution < 1.29 is 22.8 Å². The first-order chi connectivity index (χ1) is 16.0. The highest BCUT2D eigenvalue weighted by Gasteiger charge is 2.33. The van der Waals surface area contributed by atoms with E-state index in [1.807, 2.05) is 29.7 Å². The fourth-order valence-electron chi connectivity index (χ4n) is 4.11. The molecule has 34 heavy (non-hydrogen) atoms. The van der Waals surface area contributed by atoms with Gasteiger partial charge in [0.15, 0.2) is 5.78 Å². The summed E-state index contributed by atoms with van der Waals surface area (Å²) < 4.78 is 41.1. The Labute approximate surface area is 202 Å². The normalized spacial score (nSPS) is 15.4. The third kappa shape index (κ3) is 6.28. The zero-order valence-electron chi connectivity index (χ0n) is 19.2. The van der Waals surface area contributed by atoms with Gasteiger partial charge < -0.3 is 9.88 Å². The number of hydrogen-bond donors (Lipinski definition) is 1. The number of hydrogen-bond acceptors (Lipinski definition) is 4. The SMILES string of the molecule is C=CCn1c(C)cc(C(=O)CN2CCN(CC(=O)Nc3ccc(Cl)c(C(F)(F)F)c3)CC2)c1C. The maximum Gasteiger partial charge on any atom is 0.417 e. The molecule has 1 aliphatic heterocycles. The van der Waals surface area contributed by atoms with Crippen LogP contribution in [-0.4, -0.2) is 65.3 Å². The number of allylic oxidation sites excluding steroid dienone is 1. The smallest absolute Gasteiger partial charge is 0.345 e. The molecule has 2 aromatic rings. The van der Waals surface area contributed by atoms with Crippen molar-refractivity contribution in [2.24, 2.45) is 0 Å². The lowest BCUT2D eigenvalue weighted by Gasteiger charge is -2.33. The van der Waals surface area contributed by atoms with Crippen LogP contribution in [0.1, 0.15) is 27.3 Å². The number of benzene rings is 1. The van der Waals surface area contributed by atoms with Crippen LogP contribution in [0.3, 0.4) is 0 Å². The van der Waals surface area contributed by atoms with E-state index in [-0.39, 0.29) is 18.0 Å². The molecular formula is C24H28ClF3N4O2. The number of nitrogens with one attached hydrogen (secondary N) is 1.